The molecular weight excluding hydrogens is 227 g/mol. The molecule has 0 amide bonds. The van der Waals surface area contributed by atoms with Gasteiger partial charge in [0.25, 0.3) is 0 Å². The zero-order chi connectivity index (χ0) is 10.8. The second-order valence-corrected chi connectivity index (χ2v) is 5.11. The molecule has 2 aromatic rings. The fourth-order valence-corrected chi connectivity index (χ4v) is 2.52. The van der Waals surface area contributed by atoms with E-state index in [0.717, 1.165) is 16.0 Å². The summed E-state index contributed by atoms with van der Waals surface area (Å²) < 4.78 is 13.1. The minimum absolute atomic E-state index is 0.0396. The Morgan fingerprint density at radius 1 is 1.33 bits per heavy atom. The van der Waals surface area contributed by atoms with Crippen molar-refractivity contribution in [3.8, 4) is 10.4 Å². The average molecular weight is 238 g/mol. The molecule has 1 aromatic heterocycles. The molecule has 15 heavy (non-hydrogen) atoms. The van der Waals surface area contributed by atoms with Crippen LogP contribution in [0.1, 0.15) is 17.7 Å². The van der Waals surface area contributed by atoms with Crippen molar-refractivity contribution in [3.05, 3.63) is 47.1 Å². The number of thiophene rings is 1. The van der Waals surface area contributed by atoms with E-state index in [1.54, 1.807) is 17.4 Å². The molecule has 3 heteroatoms. The molecule has 0 aliphatic heterocycles. The van der Waals surface area contributed by atoms with Gasteiger partial charge in [-0.3, -0.25) is 0 Å². The fourth-order valence-electron chi connectivity index (χ4n) is 1.54. The van der Waals surface area contributed by atoms with Gasteiger partial charge in [-0.1, -0.05) is 12.1 Å². The monoisotopic (exact) mass is 238 g/mol. The van der Waals surface area contributed by atoms with Gasteiger partial charge in [0, 0.05) is 10.1 Å². The first kappa shape index (κ1) is 10.7. The lowest BCUT2D eigenvalue weighted by atomic mass is 10.0. The number of hydrogen-bond donors (Lipinski definition) is 1. The molecule has 2 rings (SSSR count). The van der Waals surface area contributed by atoms with Gasteiger partial charge in [-0.05, 0) is 41.6 Å². The summed E-state index contributed by atoms with van der Waals surface area (Å²) in [7, 11) is 0. The zero-order valence-corrected chi connectivity index (χ0v) is 9.99. The third-order valence-corrected chi connectivity index (χ3v) is 3.43. The number of rotatable bonds is 2. The smallest absolute Gasteiger partial charge is 0.123 e. The van der Waals surface area contributed by atoms with Gasteiger partial charge >= 0.3 is 0 Å². The molecule has 0 bridgehead atoms. The summed E-state index contributed by atoms with van der Waals surface area (Å²) in [5, 5.41) is 2.06. The maximum Gasteiger partial charge on any atom is 0.123 e. The van der Waals surface area contributed by atoms with Crippen LogP contribution < -0.4 is 0 Å². The van der Waals surface area contributed by atoms with Crippen molar-refractivity contribution in [1.29, 1.82) is 0 Å². The first-order valence-corrected chi connectivity index (χ1v) is 6.09. The van der Waals surface area contributed by atoms with Crippen molar-refractivity contribution in [2.24, 2.45) is 0 Å². The topological polar surface area (TPSA) is 0 Å². The molecule has 0 radical (unpaired) electrons. The second kappa shape index (κ2) is 4.37. The minimum Gasteiger partial charge on any atom is -0.207 e. The Balaban J connectivity index is 2.56. The highest BCUT2D eigenvalue weighted by Gasteiger charge is 2.10. The third kappa shape index (κ3) is 2.24. The molecule has 78 valence electrons. The Labute approximate surface area is 98.2 Å². The van der Waals surface area contributed by atoms with E-state index < -0.39 is 0 Å². The standard InChI is InChI=1S/C12H11FS2/c1-8(14)11-7-9(13)4-5-10(11)12-3-2-6-15-12/h2-8,14H,1H3. The summed E-state index contributed by atoms with van der Waals surface area (Å²) in [4.78, 5) is 1.16. The highest BCUT2D eigenvalue weighted by atomic mass is 32.1. The molecule has 1 aromatic carbocycles. The highest BCUT2D eigenvalue weighted by Crippen LogP contribution is 2.34. The van der Waals surface area contributed by atoms with E-state index in [1.165, 1.54) is 6.07 Å². The van der Waals surface area contributed by atoms with Gasteiger partial charge in [0.15, 0.2) is 0 Å². The van der Waals surface area contributed by atoms with Crippen LogP contribution in [0.15, 0.2) is 35.7 Å². The second-order valence-electron chi connectivity index (χ2n) is 3.38. The van der Waals surface area contributed by atoms with Crippen LogP contribution in [0.3, 0.4) is 0 Å². The van der Waals surface area contributed by atoms with Crippen molar-refractivity contribution < 1.29 is 4.39 Å². The van der Waals surface area contributed by atoms with E-state index in [-0.39, 0.29) is 11.1 Å². The Kier molecular flexibility index (Phi) is 3.12. The Bertz CT molecular complexity index is 447. The molecule has 0 fully saturated rings. The van der Waals surface area contributed by atoms with Crippen LogP contribution in [-0.4, -0.2) is 0 Å². The van der Waals surface area contributed by atoms with Gasteiger partial charge in [-0.15, -0.1) is 11.3 Å². The lowest BCUT2D eigenvalue weighted by Gasteiger charge is -2.10. The number of thiol groups is 1. The molecule has 1 unspecified atom stereocenters. The first-order chi connectivity index (χ1) is 7.18. The fraction of sp³-hybridized carbons (Fsp3) is 0.167. The van der Waals surface area contributed by atoms with Gasteiger partial charge in [-0.2, -0.15) is 12.6 Å². The molecule has 0 saturated heterocycles. The maximum absolute atomic E-state index is 13.1. The third-order valence-electron chi connectivity index (χ3n) is 2.25. The summed E-state index contributed by atoms with van der Waals surface area (Å²) in [6.07, 6.45) is 0. The van der Waals surface area contributed by atoms with E-state index in [4.69, 9.17) is 0 Å². The Morgan fingerprint density at radius 2 is 2.13 bits per heavy atom. The van der Waals surface area contributed by atoms with Gasteiger partial charge in [-0.25, -0.2) is 4.39 Å². The van der Waals surface area contributed by atoms with Crippen LogP contribution in [0.4, 0.5) is 4.39 Å². The maximum atomic E-state index is 13.1. The van der Waals surface area contributed by atoms with Crippen molar-refractivity contribution in [2.45, 2.75) is 12.2 Å². The quantitative estimate of drug-likeness (QED) is 0.729. The van der Waals surface area contributed by atoms with E-state index in [1.807, 2.05) is 30.5 Å². The Hall–Kier alpha value is -0.800. The van der Waals surface area contributed by atoms with Crippen LogP contribution in [0, 0.1) is 5.82 Å². The normalized spacial score (nSPS) is 12.7. The molecule has 0 aliphatic carbocycles. The first-order valence-electron chi connectivity index (χ1n) is 4.70. The summed E-state index contributed by atoms with van der Waals surface area (Å²) in [5.41, 5.74) is 2.02. The predicted octanol–water partition coefficient (Wildman–Crippen LogP) is 4.55. The van der Waals surface area contributed by atoms with Crippen LogP contribution in [0.2, 0.25) is 0 Å². The molecule has 0 nitrogen and oxygen atoms in total. The Morgan fingerprint density at radius 3 is 2.73 bits per heavy atom. The summed E-state index contributed by atoms with van der Waals surface area (Å²) >= 11 is 6.03. The van der Waals surface area contributed by atoms with E-state index >= 15 is 0 Å². The van der Waals surface area contributed by atoms with E-state index in [0.29, 0.717) is 0 Å². The molecule has 1 atom stereocenters. The predicted molar refractivity (Wildman–Crippen MR) is 67.1 cm³/mol. The SMILES string of the molecule is CC(S)c1cc(F)ccc1-c1cccs1. The van der Waals surface area contributed by atoms with E-state index in [9.17, 15) is 4.39 Å². The average Bonchev–Trinajstić information content (AvgIpc) is 2.70. The molecule has 0 saturated carbocycles. The number of halogens is 1. The highest BCUT2D eigenvalue weighted by molar-refractivity contribution is 7.80. The van der Waals surface area contributed by atoms with Crippen molar-refractivity contribution in [1.82, 2.24) is 0 Å². The van der Waals surface area contributed by atoms with Gasteiger partial charge in [0.1, 0.15) is 5.82 Å². The molecular formula is C12H11FS2. The summed E-state index contributed by atoms with van der Waals surface area (Å²) in [6, 6.07) is 8.92. The van der Waals surface area contributed by atoms with Crippen LogP contribution in [0.5, 0.6) is 0 Å². The van der Waals surface area contributed by atoms with Gasteiger partial charge in [0.05, 0.1) is 0 Å². The van der Waals surface area contributed by atoms with Gasteiger partial charge in [0.2, 0.25) is 0 Å². The van der Waals surface area contributed by atoms with E-state index in [2.05, 4.69) is 12.6 Å². The summed E-state index contributed by atoms with van der Waals surface area (Å²) in [6.45, 7) is 1.95. The zero-order valence-electron chi connectivity index (χ0n) is 8.27. The molecule has 1 heterocycles. The lowest BCUT2D eigenvalue weighted by Crippen LogP contribution is -1.90. The molecule has 0 spiro atoms. The van der Waals surface area contributed by atoms with Crippen molar-refractivity contribution >= 4 is 24.0 Å². The minimum atomic E-state index is -0.203. The van der Waals surface area contributed by atoms with Crippen LogP contribution >= 0.6 is 24.0 Å². The van der Waals surface area contributed by atoms with Crippen molar-refractivity contribution in [2.75, 3.05) is 0 Å². The number of hydrogen-bond acceptors (Lipinski definition) is 2. The lowest BCUT2D eigenvalue weighted by molar-refractivity contribution is 0.626. The molecule has 0 N–H and O–H groups in total. The van der Waals surface area contributed by atoms with Crippen LogP contribution in [-0.2, 0) is 0 Å². The van der Waals surface area contributed by atoms with Crippen LogP contribution in [0.25, 0.3) is 10.4 Å². The van der Waals surface area contributed by atoms with Gasteiger partial charge < -0.3 is 0 Å². The number of benzene rings is 1. The molecule has 0 aliphatic rings. The van der Waals surface area contributed by atoms with Crippen molar-refractivity contribution in [3.63, 3.8) is 0 Å². The summed E-state index contributed by atoms with van der Waals surface area (Å²) in [5.74, 6) is -0.203. The largest absolute Gasteiger partial charge is 0.207 e.